The van der Waals surface area contributed by atoms with Crippen molar-refractivity contribution in [3.63, 3.8) is 0 Å². The van der Waals surface area contributed by atoms with E-state index in [0.717, 1.165) is 28.2 Å². The molecule has 0 unspecified atom stereocenters. The minimum atomic E-state index is 0.528. The monoisotopic (exact) mass is 365 g/mol. The third kappa shape index (κ3) is 4.71. The van der Waals surface area contributed by atoms with Gasteiger partial charge in [0.15, 0.2) is 0 Å². The summed E-state index contributed by atoms with van der Waals surface area (Å²) in [7, 11) is 0. The first-order valence-corrected chi connectivity index (χ1v) is 8.73. The van der Waals surface area contributed by atoms with Crippen molar-refractivity contribution in [2.75, 3.05) is 5.73 Å². The second kappa shape index (κ2) is 7.27. The molecule has 0 radical (unpaired) electrons. The van der Waals surface area contributed by atoms with E-state index in [-0.39, 0.29) is 0 Å². The van der Waals surface area contributed by atoms with Crippen LogP contribution in [0.2, 0.25) is 0 Å². The van der Waals surface area contributed by atoms with Crippen LogP contribution in [0.1, 0.15) is 30.9 Å². The molecule has 2 rings (SSSR count). The maximum atomic E-state index is 5.98. The van der Waals surface area contributed by atoms with Gasteiger partial charge in [-0.15, -0.1) is 11.8 Å². The summed E-state index contributed by atoms with van der Waals surface area (Å²) in [5.41, 5.74) is 8.24. The van der Waals surface area contributed by atoms with Crippen LogP contribution in [0.15, 0.2) is 33.6 Å². The molecule has 0 aliphatic heterocycles. The lowest BCUT2D eigenvalue weighted by molar-refractivity contribution is 0.630. The number of halogens is 1. The van der Waals surface area contributed by atoms with E-state index in [2.05, 4.69) is 70.9 Å². The number of nitrogens with two attached hydrogens (primary N) is 1. The summed E-state index contributed by atoms with van der Waals surface area (Å²) < 4.78 is 0.834. The molecule has 0 atom stereocenters. The van der Waals surface area contributed by atoms with Crippen LogP contribution in [0.5, 0.6) is 0 Å². The number of nitrogen functional groups attached to an aromatic ring is 1. The van der Waals surface area contributed by atoms with Gasteiger partial charge < -0.3 is 5.73 Å². The summed E-state index contributed by atoms with van der Waals surface area (Å²) in [6, 6.07) is 8.44. The molecule has 3 nitrogen and oxygen atoms in total. The molecule has 0 fully saturated rings. The van der Waals surface area contributed by atoms with Gasteiger partial charge in [0.1, 0.15) is 11.6 Å². The molecular weight excluding hydrogens is 346 g/mol. The first-order valence-electron chi connectivity index (χ1n) is 6.96. The highest BCUT2D eigenvalue weighted by molar-refractivity contribution is 9.10. The van der Waals surface area contributed by atoms with E-state index in [0.29, 0.717) is 11.7 Å². The van der Waals surface area contributed by atoms with Gasteiger partial charge in [0, 0.05) is 4.90 Å². The molecule has 5 heteroatoms. The van der Waals surface area contributed by atoms with Crippen LogP contribution in [0, 0.1) is 12.8 Å². The summed E-state index contributed by atoms with van der Waals surface area (Å²) in [4.78, 5) is 10.3. The lowest BCUT2D eigenvalue weighted by Gasteiger charge is -2.10. The molecule has 0 aliphatic carbocycles. The van der Waals surface area contributed by atoms with Crippen molar-refractivity contribution in [3.8, 4) is 0 Å². The lowest BCUT2D eigenvalue weighted by Crippen LogP contribution is -2.07. The first-order chi connectivity index (χ1) is 9.95. The number of thioether (sulfide) groups is 1. The zero-order chi connectivity index (χ0) is 15.4. The molecule has 1 aromatic carbocycles. The number of aromatic nitrogens is 2. The summed E-state index contributed by atoms with van der Waals surface area (Å²) in [6.07, 6.45) is 0.898. The van der Waals surface area contributed by atoms with Gasteiger partial charge in [-0.25, -0.2) is 9.97 Å². The number of anilines is 1. The maximum absolute atomic E-state index is 5.98. The van der Waals surface area contributed by atoms with Crippen molar-refractivity contribution in [2.45, 2.75) is 37.8 Å². The Labute approximate surface area is 138 Å². The summed E-state index contributed by atoms with van der Waals surface area (Å²) in [5.74, 6) is 2.58. The number of nitrogens with zero attached hydrogens (tertiary/aromatic N) is 2. The highest BCUT2D eigenvalue weighted by Crippen LogP contribution is 2.27. The number of hydrogen-bond acceptors (Lipinski definition) is 4. The first kappa shape index (κ1) is 16.3. The lowest BCUT2D eigenvalue weighted by atomic mass is 10.1. The molecule has 2 N–H and O–H groups in total. The smallest absolute Gasteiger partial charge is 0.141 e. The van der Waals surface area contributed by atoms with E-state index in [1.165, 1.54) is 10.5 Å². The number of aryl methyl sites for hydroxylation is 1. The predicted molar refractivity (Wildman–Crippen MR) is 93.4 cm³/mol. The van der Waals surface area contributed by atoms with Crippen molar-refractivity contribution in [1.29, 1.82) is 0 Å². The van der Waals surface area contributed by atoms with Crippen LogP contribution >= 0.6 is 27.7 Å². The molecule has 0 spiro atoms. The van der Waals surface area contributed by atoms with Crippen LogP contribution < -0.4 is 5.73 Å². The van der Waals surface area contributed by atoms with Crippen LogP contribution in [0.4, 0.5) is 5.82 Å². The van der Waals surface area contributed by atoms with E-state index in [4.69, 9.17) is 5.73 Å². The highest BCUT2D eigenvalue weighted by atomic mass is 79.9. The van der Waals surface area contributed by atoms with Gasteiger partial charge in [-0.2, -0.15) is 0 Å². The Morgan fingerprint density at radius 2 is 2.05 bits per heavy atom. The van der Waals surface area contributed by atoms with E-state index >= 15 is 0 Å². The largest absolute Gasteiger partial charge is 0.383 e. The number of benzene rings is 1. The predicted octanol–water partition coefficient (Wildman–Crippen LogP) is 4.62. The molecule has 0 saturated heterocycles. The van der Waals surface area contributed by atoms with E-state index < -0.39 is 0 Å². The van der Waals surface area contributed by atoms with Crippen molar-refractivity contribution in [1.82, 2.24) is 9.97 Å². The third-order valence-corrected chi connectivity index (χ3v) is 4.80. The zero-order valence-electron chi connectivity index (χ0n) is 12.6. The van der Waals surface area contributed by atoms with E-state index in [1.807, 2.05) is 0 Å². The molecule has 0 saturated carbocycles. The summed E-state index contributed by atoms with van der Waals surface area (Å²) in [6.45, 7) is 6.44. The summed E-state index contributed by atoms with van der Waals surface area (Å²) >= 11 is 5.23. The van der Waals surface area contributed by atoms with Gasteiger partial charge in [0.2, 0.25) is 0 Å². The minimum Gasteiger partial charge on any atom is -0.383 e. The fraction of sp³-hybridized carbons (Fsp3) is 0.375. The molecule has 112 valence electrons. The van der Waals surface area contributed by atoms with Gasteiger partial charge in [0.25, 0.3) is 0 Å². The molecule has 0 aliphatic rings. The second-order valence-corrected chi connectivity index (χ2v) is 7.33. The van der Waals surface area contributed by atoms with Gasteiger partial charge in [-0.1, -0.05) is 31.5 Å². The fourth-order valence-corrected chi connectivity index (χ4v) is 3.21. The SMILES string of the molecule is Cc1cccc(SCc2nc(N)c(Br)c(CC(C)C)n2)c1. The molecule has 21 heavy (non-hydrogen) atoms. The molecule has 0 amide bonds. The molecule has 1 heterocycles. The Hall–Kier alpha value is -1.07. The van der Waals surface area contributed by atoms with E-state index in [1.54, 1.807) is 11.8 Å². The molecule has 0 bridgehead atoms. The Morgan fingerprint density at radius 1 is 1.29 bits per heavy atom. The average molecular weight is 366 g/mol. The van der Waals surface area contributed by atoms with Crippen molar-refractivity contribution < 1.29 is 0 Å². The Balaban J connectivity index is 2.14. The van der Waals surface area contributed by atoms with Crippen LogP contribution in [0.3, 0.4) is 0 Å². The Kier molecular flexibility index (Phi) is 5.65. The van der Waals surface area contributed by atoms with Crippen LogP contribution in [-0.4, -0.2) is 9.97 Å². The number of hydrogen-bond donors (Lipinski definition) is 1. The second-order valence-electron chi connectivity index (χ2n) is 5.49. The molecular formula is C16H20BrN3S. The van der Waals surface area contributed by atoms with Gasteiger partial charge in [-0.3, -0.25) is 0 Å². The normalized spacial score (nSPS) is 11.1. The standard InChI is InChI=1S/C16H20BrN3S/c1-10(2)7-13-15(17)16(18)20-14(19-13)9-21-12-6-4-5-11(3)8-12/h4-6,8,10H,7,9H2,1-3H3,(H2,18,19,20). The zero-order valence-corrected chi connectivity index (χ0v) is 15.0. The maximum Gasteiger partial charge on any atom is 0.141 e. The fourth-order valence-electron chi connectivity index (χ4n) is 2.01. The van der Waals surface area contributed by atoms with Crippen LogP contribution in [-0.2, 0) is 12.2 Å². The van der Waals surface area contributed by atoms with Crippen LogP contribution in [0.25, 0.3) is 0 Å². The van der Waals surface area contributed by atoms with Crippen molar-refractivity contribution in [2.24, 2.45) is 5.92 Å². The average Bonchev–Trinajstić information content (AvgIpc) is 2.41. The Bertz CT molecular complexity index is 629. The highest BCUT2D eigenvalue weighted by Gasteiger charge is 2.12. The third-order valence-electron chi connectivity index (χ3n) is 2.95. The topological polar surface area (TPSA) is 51.8 Å². The summed E-state index contributed by atoms with van der Waals surface area (Å²) in [5, 5.41) is 0. The van der Waals surface area contributed by atoms with Crippen molar-refractivity contribution in [3.05, 3.63) is 45.8 Å². The quantitative estimate of drug-likeness (QED) is 0.785. The van der Waals surface area contributed by atoms with Gasteiger partial charge in [-0.05, 0) is 47.3 Å². The van der Waals surface area contributed by atoms with Crippen molar-refractivity contribution >= 4 is 33.5 Å². The molecule has 1 aromatic heterocycles. The van der Waals surface area contributed by atoms with E-state index in [9.17, 15) is 0 Å². The Morgan fingerprint density at radius 3 is 2.71 bits per heavy atom. The minimum absolute atomic E-state index is 0.528. The molecule has 2 aromatic rings. The van der Waals surface area contributed by atoms with Gasteiger partial charge in [0.05, 0.1) is 15.9 Å². The number of rotatable bonds is 5. The van der Waals surface area contributed by atoms with Gasteiger partial charge >= 0.3 is 0 Å².